The monoisotopic (exact) mass is 262 g/mol. The van der Waals surface area contributed by atoms with Crippen LogP contribution in [0.3, 0.4) is 0 Å². The predicted molar refractivity (Wildman–Crippen MR) is 76.4 cm³/mol. The second kappa shape index (κ2) is 6.45. The molecule has 3 N–H and O–H groups in total. The number of nitrogens with two attached hydrogens (primary N) is 1. The smallest absolute Gasteiger partial charge is 0.257 e. The Morgan fingerprint density at radius 2 is 2.11 bits per heavy atom. The lowest BCUT2D eigenvalue weighted by Crippen LogP contribution is -2.36. The van der Waals surface area contributed by atoms with Gasteiger partial charge in [-0.2, -0.15) is 0 Å². The molecule has 1 aliphatic carbocycles. The number of benzene rings is 1. The van der Waals surface area contributed by atoms with Crippen LogP contribution < -0.4 is 15.8 Å². The first kappa shape index (κ1) is 13.7. The molecule has 0 atom stereocenters. The minimum Gasteiger partial charge on any atom is -0.493 e. The van der Waals surface area contributed by atoms with Gasteiger partial charge in [0.05, 0.1) is 6.61 Å². The van der Waals surface area contributed by atoms with Gasteiger partial charge in [0.1, 0.15) is 11.3 Å². The van der Waals surface area contributed by atoms with E-state index in [1.165, 1.54) is 19.3 Å². The Balaban J connectivity index is 2.13. The van der Waals surface area contributed by atoms with E-state index < -0.39 is 0 Å². The highest BCUT2D eigenvalue weighted by Gasteiger charge is 2.20. The molecule has 0 radical (unpaired) electrons. The molecule has 104 valence electrons. The largest absolute Gasteiger partial charge is 0.493 e. The third kappa shape index (κ3) is 3.40. The summed E-state index contributed by atoms with van der Waals surface area (Å²) in [5.74, 6) is 0.448. The van der Waals surface area contributed by atoms with Gasteiger partial charge in [-0.05, 0) is 31.9 Å². The minimum absolute atomic E-state index is 0.117. The summed E-state index contributed by atoms with van der Waals surface area (Å²) in [6.45, 7) is 2.42. The lowest BCUT2D eigenvalue weighted by molar-refractivity contribution is 0.0925. The third-order valence-corrected chi connectivity index (χ3v) is 3.53. The van der Waals surface area contributed by atoms with Gasteiger partial charge in [0.15, 0.2) is 0 Å². The second-order valence-corrected chi connectivity index (χ2v) is 4.96. The third-order valence-electron chi connectivity index (χ3n) is 3.53. The highest BCUT2D eigenvalue weighted by molar-refractivity contribution is 6.02. The molecule has 1 saturated carbocycles. The average molecular weight is 262 g/mol. The van der Waals surface area contributed by atoms with Gasteiger partial charge in [0, 0.05) is 11.7 Å². The normalized spacial score (nSPS) is 16.1. The van der Waals surface area contributed by atoms with Crippen LogP contribution in [0.25, 0.3) is 0 Å². The zero-order valence-electron chi connectivity index (χ0n) is 11.4. The van der Waals surface area contributed by atoms with Crippen LogP contribution in [-0.2, 0) is 0 Å². The quantitative estimate of drug-likeness (QED) is 0.820. The van der Waals surface area contributed by atoms with E-state index in [-0.39, 0.29) is 11.9 Å². The van der Waals surface area contributed by atoms with Crippen molar-refractivity contribution in [3.8, 4) is 5.75 Å². The molecule has 1 aromatic carbocycles. The maximum Gasteiger partial charge on any atom is 0.257 e. The van der Waals surface area contributed by atoms with Crippen LogP contribution in [0.2, 0.25) is 0 Å². The van der Waals surface area contributed by atoms with E-state index in [9.17, 15) is 4.79 Å². The van der Waals surface area contributed by atoms with Gasteiger partial charge in [0.2, 0.25) is 0 Å². The van der Waals surface area contributed by atoms with Gasteiger partial charge in [-0.25, -0.2) is 0 Å². The maximum absolute atomic E-state index is 12.4. The van der Waals surface area contributed by atoms with Crippen molar-refractivity contribution in [2.75, 3.05) is 12.3 Å². The number of anilines is 1. The van der Waals surface area contributed by atoms with Crippen molar-refractivity contribution in [3.05, 3.63) is 23.8 Å². The lowest BCUT2D eigenvalue weighted by Gasteiger charge is -2.23. The summed E-state index contributed by atoms with van der Waals surface area (Å²) >= 11 is 0. The number of nitrogen functional groups attached to an aromatic ring is 1. The number of carbonyl (C=O) groups excluding carboxylic acids is 1. The molecule has 1 aliphatic rings. The number of hydrogen-bond donors (Lipinski definition) is 2. The van der Waals surface area contributed by atoms with Gasteiger partial charge in [0.25, 0.3) is 5.91 Å². The molecule has 19 heavy (non-hydrogen) atoms. The average Bonchev–Trinajstić information content (AvgIpc) is 2.40. The molecule has 2 rings (SSSR count). The molecule has 0 unspecified atom stereocenters. The highest BCUT2D eigenvalue weighted by Crippen LogP contribution is 2.25. The van der Waals surface area contributed by atoms with Gasteiger partial charge in [-0.1, -0.05) is 25.3 Å². The van der Waals surface area contributed by atoms with Crippen molar-refractivity contribution in [1.82, 2.24) is 5.32 Å². The van der Waals surface area contributed by atoms with Crippen LogP contribution in [0.5, 0.6) is 5.75 Å². The Labute approximate surface area is 114 Å². The number of carbonyl (C=O) groups is 1. The molecule has 0 aliphatic heterocycles. The highest BCUT2D eigenvalue weighted by atomic mass is 16.5. The Kier molecular flexibility index (Phi) is 4.66. The van der Waals surface area contributed by atoms with Crippen molar-refractivity contribution in [2.24, 2.45) is 0 Å². The number of rotatable bonds is 4. The van der Waals surface area contributed by atoms with Gasteiger partial charge in [-0.3, -0.25) is 4.79 Å². The van der Waals surface area contributed by atoms with Crippen LogP contribution >= 0.6 is 0 Å². The summed E-state index contributed by atoms with van der Waals surface area (Å²) < 4.78 is 5.49. The van der Waals surface area contributed by atoms with Crippen LogP contribution in [-0.4, -0.2) is 18.6 Å². The summed E-state index contributed by atoms with van der Waals surface area (Å²) in [7, 11) is 0. The Hall–Kier alpha value is -1.71. The molecule has 1 aromatic rings. The SMILES string of the molecule is CCOc1cccc(N)c1C(=O)NC1CCCCC1. The summed E-state index contributed by atoms with van der Waals surface area (Å²) in [4.78, 5) is 12.4. The first-order valence-corrected chi connectivity index (χ1v) is 7.04. The number of nitrogens with one attached hydrogen (secondary N) is 1. The fraction of sp³-hybridized carbons (Fsp3) is 0.533. The summed E-state index contributed by atoms with van der Waals surface area (Å²) in [5, 5.41) is 3.08. The fourth-order valence-electron chi connectivity index (χ4n) is 2.57. The summed E-state index contributed by atoms with van der Waals surface area (Å²) in [6.07, 6.45) is 5.76. The topological polar surface area (TPSA) is 64.3 Å². The first-order valence-electron chi connectivity index (χ1n) is 7.04. The second-order valence-electron chi connectivity index (χ2n) is 4.96. The first-order chi connectivity index (χ1) is 9.22. The minimum atomic E-state index is -0.117. The molecule has 0 aromatic heterocycles. The molecule has 4 heteroatoms. The van der Waals surface area contributed by atoms with Gasteiger partial charge < -0.3 is 15.8 Å². The number of amides is 1. The van der Waals surface area contributed by atoms with Crippen LogP contribution in [0, 0.1) is 0 Å². The standard InChI is InChI=1S/C15H22N2O2/c1-2-19-13-10-6-9-12(16)14(13)15(18)17-11-7-4-3-5-8-11/h6,9-11H,2-5,7-8,16H2,1H3,(H,17,18). The van der Waals surface area contributed by atoms with E-state index in [0.717, 1.165) is 12.8 Å². The molecule has 0 saturated heterocycles. The van der Waals surface area contributed by atoms with E-state index in [0.29, 0.717) is 23.6 Å². The van der Waals surface area contributed by atoms with Crippen LogP contribution in [0.15, 0.2) is 18.2 Å². The number of ether oxygens (including phenoxy) is 1. The van der Waals surface area contributed by atoms with E-state index in [4.69, 9.17) is 10.5 Å². The summed E-state index contributed by atoms with van der Waals surface area (Å²) in [6, 6.07) is 5.60. The maximum atomic E-state index is 12.4. The van der Waals surface area contributed by atoms with Crippen molar-refractivity contribution in [2.45, 2.75) is 45.1 Å². The Morgan fingerprint density at radius 3 is 2.79 bits per heavy atom. The zero-order chi connectivity index (χ0) is 13.7. The molecule has 0 heterocycles. The molecule has 1 fully saturated rings. The predicted octanol–water partition coefficient (Wildman–Crippen LogP) is 2.73. The molecule has 4 nitrogen and oxygen atoms in total. The molecule has 0 bridgehead atoms. The fourth-order valence-corrected chi connectivity index (χ4v) is 2.57. The Bertz CT molecular complexity index is 440. The van der Waals surface area contributed by atoms with Gasteiger partial charge >= 0.3 is 0 Å². The van der Waals surface area contributed by atoms with E-state index in [1.807, 2.05) is 6.92 Å². The van der Waals surface area contributed by atoms with E-state index in [2.05, 4.69) is 5.32 Å². The van der Waals surface area contributed by atoms with Crippen molar-refractivity contribution in [3.63, 3.8) is 0 Å². The van der Waals surface area contributed by atoms with E-state index >= 15 is 0 Å². The Morgan fingerprint density at radius 1 is 1.37 bits per heavy atom. The van der Waals surface area contributed by atoms with Crippen LogP contribution in [0.4, 0.5) is 5.69 Å². The van der Waals surface area contributed by atoms with Gasteiger partial charge in [-0.15, -0.1) is 0 Å². The van der Waals surface area contributed by atoms with Crippen molar-refractivity contribution >= 4 is 11.6 Å². The zero-order valence-corrected chi connectivity index (χ0v) is 11.4. The van der Waals surface area contributed by atoms with Crippen molar-refractivity contribution in [1.29, 1.82) is 0 Å². The van der Waals surface area contributed by atoms with Crippen molar-refractivity contribution < 1.29 is 9.53 Å². The molecule has 1 amide bonds. The van der Waals surface area contributed by atoms with Crippen LogP contribution in [0.1, 0.15) is 49.4 Å². The molecular weight excluding hydrogens is 240 g/mol. The van der Waals surface area contributed by atoms with E-state index in [1.54, 1.807) is 18.2 Å². The number of hydrogen-bond acceptors (Lipinski definition) is 3. The summed E-state index contributed by atoms with van der Waals surface area (Å²) in [5.41, 5.74) is 6.86. The lowest BCUT2D eigenvalue weighted by atomic mass is 9.95. The molecule has 0 spiro atoms. The molecular formula is C15H22N2O2.